The summed E-state index contributed by atoms with van der Waals surface area (Å²) < 4.78 is 37.1. The van der Waals surface area contributed by atoms with E-state index in [1.54, 1.807) is 0 Å². The minimum Gasteiger partial charge on any atom is -0.370 e. The van der Waals surface area contributed by atoms with Crippen LogP contribution in [-0.2, 0) is 6.18 Å². The zero-order valence-corrected chi connectivity index (χ0v) is 9.98. The van der Waals surface area contributed by atoms with Crippen molar-refractivity contribution in [2.45, 2.75) is 25.4 Å². The van der Waals surface area contributed by atoms with Gasteiger partial charge in [0, 0.05) is 12.4 Å². The molecule has 1 heterocycles. The van der Waals surface area contributed by atoms with Crippen LogP contribution in [0.25, 0.3) is 0 Å². The van der Waals surface area contributed by atoms with Crippen LogP contribution >= 0.6 is 11.6 Å². The first kappa shape index (κ1) is 14.1. The lowest BCUT2D eigenvalue weighted by molar-refractivity contribution is -0.141. The van der Waals surface area contributed by atoms with Crippen molar-refractivity contribution < 1.29 is 13.2 Å². The highest BCUT2D eigenvalue weighted by molar-refractivity contribution is 6.17. The number of hydrogen-bond acceptors (Lipinski definition) is 2. The number of halogens is 4. The number of alkyl halides is 4. The summed E-state index contributed by atoms with van der Waals surface area (Å²) in [7, 11) is 0. The third kappa shape index (κ3) is 5.26. The monoisotopic (exact) mass is 266 g/mol. The number of nitrogens with one attached hydrogen (secondary N) is 1. The fraction of sp³-hybridized carbons (Fsp3) is 0.545. The summed E-state index contributed by atoms with van der Waals surface area (Å²) in [5.41, 5.74) is -0.872. The molecule has 0 spiro atoms. The van der Waals surface area contributed by atoms with Crippen molar-refractivity contribution in [2.75, 3.05) is 17.7 Å². The smallest absolute Gasteiger partial charge is 0.370 e. The largest absolute Gasteiger partial charge is 0.433 e. The Balaban J connectivity index is 2.44. The topological polar surface area (TPSA) is 24.9 Å². The fourth-order valence-electron chi connectivity index (χ4n) is 1.30. The molecule has 0 aliphatic carbocycles. The van der Waals surface area contributed by atoms with E-state index in [2.05, 4.69) is 10.3 Å². The van der Waals surface area contributed by atoms with Crippen LogP contribution in [0, 0.1) is 0 Å². The third-order valence-electron chi connectivity index (χ3n) is 2.16. The molecular formula is C11H14ClF3N2. The van der Waals surface area contributed by atoms with Gasteiger partial charge in [-0.15, -0.1) is 11.6 Å². The Bertz CT molecular complexity index is 342. The average molecular weight is 267 g/mol. The molecule has 0 aliphatic rings. The fourth-order valence-corrected chi connectivity index (χ4v) is 1.49. The molecule has 1 rings (SSSR count). The zero-order valence-electron chi connectivity index (χ0n) is 9.23. The molecule has 0 saturated heterocycles. The van der Waals surface area contributed by atoms with Gasteiger partial charge in [-0.1, -0.05) is 12.5 Å². The minimum absolute atomic E-state index is 0.255. The first-order valence-corrected chi connectivity index (χ1v) is 5.91. The van der Waals surface area contributed by atoms with Crippen molar-refractivity contribution in [3.63, 3.8) is 0 Å². The van der Waals surface area contributed by atoms with Crippen LogP contribution in [0.4, 0.5) is 19.0 Å². The normalized spacial score (nSPS) is 11.5. The van der Waals surface area contributed by atoms with Crippen LogP contribution in [0.3, 0.4) is 0 Å². The van der Waals surface area contributed by atoms with Crippen molar-refractivity contribution in [1.29, 1.82) is 0 Å². The standard InChI is InChI=1S/C11H14ClF3N2/c12-7-2-1-3-8-16-10-6-4-5-9(17-10)11(13,14)15/h4-6H,1-3,7-8H2,(H,16,17). The van der Waals surface area contributed by atoms with Crippen molar-refractivity contribution in [3.05, 3.63) is 23.9 Å². The van der Waals surface area contributed by atoms with E-state index < -0.39 is 11.9 Å². The molecule has 17 heavy (non-hydrogen) atoms. The molecule has 0 aliphatic heterocycles. The Kier molecular flexibility index (Phi) is 5.55. The SMILES string of the molecule is FC(F)(F)c1cccc(NCCCCCCl)n1. The number of pyridine rings is 1. The van der Waals surface area contributed by atoms with Gasteiger partial charge in [0.25, 0.3) is 0 Å². The number of aromatic nitrogens is 1. The summed E-state index contributed by atoms with van der Waals surface area (Å²) in [6.07, 6.45) is -1.66. The van der Waals surface area contributed by atoms with Gasteiger partial charge in [-0.3, -0.25) is 0 Å². The van der Waals surface area contributed by atoms with E-state index in [4.69, 9.17) is 11.6 Å². The maximum absolute atomic E-state index is 12.4. The Labute approximate surface area is 103 Å². The van der Waals surface area contributed by atoms with Gasteiger partial charge in [0.2, 0.25) is 0 Å². The maximum Gasteiger partial charge on any atom is 0.433 e. The van der Waals surface area contributed by atoms with E-state index in [9.17, 15) is 13.2 Å². The van der Waals surface area contributed by atoms with Gasteiger partial charge in [-0.25, -0.2) is 4.98 Å². The summed E-state index contributed by atoms with van der Waals surface area (Å²) in [5.74, 6) is 0.868. The molecular weight excluding hydrogens is 253 g/mol. The number of rotatable bonds is 6. The molecule has 0 unspecified atom stereocenters. The van der Waals surface area contributed by atoms with Crippen LogP contribution in [-0.4, -0.2) is 17.4 Å². The highest BCUT2D eigenvalue weighted by Crippen LogP contribution is 2.28. The molecule has 0 amide bonds. The summed E-state index contributed by atoms with van der Waals surface area (Å²) in [6.45, 7) is 0.602. The average Bonchev–Trinajstić information content (AvgIpc) is 2.28. The number of nitrogens with zero attached hydrogens (tertiary/aromatic N) is 1. The second kappa shape index (κ2) is 6.69. The van der Waals surface area contributed by atoms with Crippen LogP contribution in [0.5, 0.6) is 0 Å². The summed E-state index contributed by atoms with van der Waals surface area (Å²) in [6, 6.07) is 3.83. The van der Waals surface area contributed by atoms with E-state index in [0.717, 1.165) is 25.3 Å². The Morgan fingerprint density at radius 1 is 1.18 bits per heavy atom. The first-order chi connectivity index (χ1) is 8.04. The van der Waals surface area contributed by atoms with Crippen molar-refractivity contribution >= 4 is 17.4 Å². The van der Waals surface area contributed by atoms with Crippen LogP contribution in [0.2, 0.25) is 0 Å². The highest BCUT2D eigenvalue weighted by atomic mass is 35.5. The molecule has 1 aromatic heterocycles. The van der Waals surface area contributed by atoms with Gasteiger partial charge in [-0.05, 0) is 25.0 Å². The third-order valence-corrected chi connectivity index (χ3v) is 2.42. The van der Waals surface area contributed by atoms with Gasteiger partial charge >= 0.3 is 6.18 Å². The second-order valence-corrected chi connectivity index (χ2v) is 3.96. The molecule has 1 N–H and O–H groups in total. The summed E-state index contributed by atoms with van der Waals surface area (Å²) in [4.78, 5) is 3.50. The van der Waals surface area contributed by atoms with E-state index in [-0.39, 0.29) is 5.82 Å². The van der Waals surface area contributed by atoms with Gasteiger partial charge in [-0.2, -0.15) is 13.2 Å². The predicted molar refractivity (Wildman–Crippen MR) is 62.3 cm³/mol. The van der Waals surface area contributed by atoms with Crippen molar-refractivity contribution in [3.8, 4) is 0 Å². The predicted octanol–water partition coefficient (Wildman–Crippen LogP) is 3.92. The molecule has 0 fully saturated rings. The molecule has 1 aromatic rings. The Morgan fingerprint density at radius 3 is 2.59 bits per heavy atom. The lowest BCUT2D eigenvalue weighted by Gasteiger charge is -2.09. The zero-order chi connectivity index (χ0) is 12.7. The lowest BCUT2D eigenvalue weighted by atomic mass is 10.2. The molecule has 0 saturated carbocycles. The Morgan fingerprint density at radius 2 is 1.94 bits per heavy atom. The molecule has 0 bridgehead atoms. The van der Waals surface area contributed by atoms with Crippen LogP contribution < -0.4 is 5.32 Å². The molecule has 0 radical (unpaired) electrons. The van der Waals surface area contributed by atoms with E-state index in [0.29, 0.717) is 12.4 Å². The van der Waals surface area contributed by atoms with Gasteiger partial charge in [0.15, 0.2) is 0 Å². The second-order valence-electron chi connectivity index (χ2n) is 3.58. The quantitative estimate of drug-likeness (QED) is 0.623. The van der Waals surface area contributed by atoms with E-state index in [1.807, 2.05) is 0 Å². The maximum atomic E-state index is 12.4. The van der Waals surface area contributed by atoms with E-state index in [1.165, 1.54) is 12.1 Å². The molecule has 2 nitrogen and oxygen atoms in total. The van der Waals surface area contributed by atoms with Crippen LogP contribution in [0.1, 0.15) is 25.0 Å². The minimum atomic E-state index is -4.39. The molecule has 0 aromatic carbocycles. The summed E-state index contributed by atoms with van der Waals surface area (Å²) in [5, 5.41) is 2.86. The summed E-state index contributed by atoms with van der Waals surface area (Å²) >= 11 is 5.51. The number of unbranched alkanes of at least 4 members (excludes halogenated alkanes) is 2. The van der Waals surface area contributed by atoms with Gasteiger partial charge in [0.05, 0.1) is 0 Å². The van der Waals surface area contributed by atoms with Gasteiger partial charge in [0.1, 0.15) is 11.5 Å². The van der Waals surface area contributed by atoms with Crippen LogP contribution in [0.15, 0.2) is 18.2 Å². The highest BCUT2D eigenvalue weighted by Gasteiger charge is 2.32. The molecule has 0 atom stereocenters. The Hall–Kier alpha value is -0.970. The van der Waals surface area contributed by atoms with Crippen molar-refractivity contribution in [2.24, 2.45) is 0 Å². The first-order valence-electron chi connectivity index (χ1n) is 5.38. The molecule has 96 valence electrons. The lowest BCUT2D eigenvalue weighted by Crippen LogP contribution is -2.10. The van der Waals surface area contributed by atoms with E-state index >= 15 is 0 Å². The molecule has 6 heteroatoms. The van der Waals surface area contributed by atoms with Gasteiger partial charge < -0.3 is 5.32 Å². The number of anilines is 1. The van der Waals surface area contributed by atoms with Crippen molar-refractivity contribution in [1.82, 2.24) is 4.98 Å². The number of hydrogen-bond donors (Lipinski definition) is 1.